The van der Waals surface area contributed by atoms with E-state index < -0.39 is 10.0 Å². The molecule has 8 nitrogen and oxygen atoms in total. The fourth-order valence-corrected chi connectivity index (χ4v) is 2.86. The normalized spacial score (nSPS) is 12.1. The van der Waals surface area contributed by atoms with Gasteiger partial charge in [0.15, 0.2) is 5.96 Å². The number of nitrogens with one attached hydrogen (secondary N) is 3. The molecule has 0 amide bonds. The zero-order valence-electron chi connectivity index (χ0n) is 16.7. The lowest BCUT2D eigenvalue weighted by Crippen LogP contribution is -2.38. The third-order valence-corrected chi connectivity index (χ3v) is 5.19. The lowest BCUT2D eigenvalue weighted by molar-refractivity contribution is 0.145. The van der Waals surface area contributed by atoms with Crippen molar-refractivity contribution < 1.29 is 17.9 Å². The van der Waals surface area contributed by atoms with E-state index in [1.165, 1.54) is 0 Å². The molecular weight excluding hydrogens is 368 g/mol. The van der Waals surface area contributed by atoms with E-state index in [2.05, 4.69) is 20.3 Å². The second-order valence-electron chi connectivity index (χ2n) is 5.96. The number of benzene rings is 1. The van der Waals surface area contributed by atoms with Crippen LogP contribution in [0.15, 0.2) is 23.2 Å². The molecule has 0 aliphatic rings. The van der Waals surface area contributed by atoms with Crippen molar-refractivity contribution in [3.63, 3.8) is 0 Å². The van der Waals surface area contributed by atoms with Crippen LogP contribution in [0, 0.1) is 6.92 Å². The summed E-state index contributed by atoms with van der Waals surface area (Å²) in [6, 6.07) is 6.07. The Labute approximate surface area is 162 Å². The van der Waals surface area contributed by atoms with Gasteiger partial charge in [0.2, 0.25) is 10.0 Å². The Hall–Kier alpha value is -1.84. The number of ether oxygens (including phenoxy) is 2. The fraction of sp³-hybridized carbons (Fsp3) is 0.611. The van der Waals surface area contributed by atoms with E-state index in [1.807, 2.05) is 25.1 Å². The van der Waals surface area contributed by atoms with Crippen molar-refractivity contribution in [1.29, 1.82) is 0 Å². The van der Waals surface area contributed by atoms with Gasteiger partial charge in [0.05, 0.1) is 12.4 Å². The molecule has 0 aliphatic carbocycles. The lowest BCUT2D eigenvalue weighted by atomic mass is 10.1. The molecule has 3 N–H and O–H groups in total. The number of aliphatic imine (C=N–C) groups is 1. The highest BCUT2D eigenvalue weighted by molar-refractivity contribution is 7.89. The van der Waals surface area contributed by atoms with Crippen LogP contribution in [0.25, 0.3) is 0 Å². The van der Waals surface area contributed by atoms with Gasteiger partial charge in [-0.2, -0.15) is 0 Å². The minimum absolute atomic E-state index is 0.0922. The average Bonchev–Trinajstić information content (AvgIpc) is 2.65. The summed E-state index contributed by atoms with van der Waals surface area (Å²) < 4.78 is 36.1. The van der Waals surface area contributed by atoms with Crippen molar-refractivity contribution in [2.45, 2.75) is 26.8 Å². The van der Waals surface area contributed by atoms with E-state index in [4.69, 9.17) is 9.47 Å². The van der Waals surface area contributed by atoms with E-state index in [0.717, 1.165) is 16.9 Å². The first-order valence-corrected chi connectivity index (χ1v) is 10.7. The highest BCUT2D eigenvalue weighted by Gasteiger charge is 2.07. The van der Waals surface area contributed by atoms with Crippen LogP contribution in [0.3, 0.4) is 0 Å². The third kappa shape index (κ3) is 9.60. The Morgan fingerprint density at radius 1 is 1.19 bits per heavy atom. The van der Waals surface area contributed by atoms with Crippen LogP contribution in [0.1, 0.15) is 24.5 Å². The van der Waals surface area contributed by atoms with Crippen LogP contribution in [0.5, 0.6) is 5.75 Å². The molecule has 1 rings (SSSR count). The smallest absolute Gasteiger partial charge is 0.211 e. The first-order chi connectivity index (χ1) is 12.9. The molecule has 0 saturated heterocycles. The van der Waals surface area contributed by atoms with Crippen molar-refractivity contribution >= 4 is 16.0 Å². The number of aryl methyl sites for hydroxylation is 1. The minimum Gasteiger partial charge on any atom is -0.491 e. The maximum Gasteiger partial charge on any atom is 0.211 e. The Bertz CT molecular complexity index is 693. The van der Waals surface area contributed by atoms with Crippen LogP contribution in [0.2, 0.25) is 0 Å². The standard InChI is InChI=1S/C18H32N4O4S/c1-5-27(23,24)22-10-6-9-20-18(19-3)21-14-16-8-7-15(2)13-17(16)26-12-11-25-4/h7-8,13,22H,5-6,9-12,14H2,1-4H3,(H2,19,20,21). The summed E-state index contributed by atoms with van der Waals surface area (Å²) in [7, 11) is 0.202. The number of nitrogens with zero attached hydrogens (tertiary/aromatic N) is 1. The summed E-state index contributed by atoms with van der Waals surface area (Å²) in [6.07, 6.45) is 0.663. The molecule has 1 aromatic carbocycles. The topological polar surface area (TPSA) is 101 Å². The number of methoxy groups -OCH3 is 1. The molecule has 0 aromatic heterocycles. The predicted molar refractivity (Wildman–Crippen MR) is 109 cm³/mol. The molecule has 0 fully saturated rings. The van der Waals surface area contributed by atoms with Crippen LogP contribution >= 0.6 is 0 Å². The van der Waals surface area contributed by atoms with Gasteiger partial charge in [-0.1, -0.05) is 12.1 Å². The minimum atomic E-state index is -3.14. The maximum atomic E-state index is 11.4. The number of sulfonamides is 1. The maximum absolute atomic E-state index is 11.4. The Morgan fingerprint density at radius 3 is 2.63 bits per heavy atom. The molecular formula is C18H32N4O4S. The van der Waals surface area contributed by atoms with E-state index >= 15 is 0 Å². The van der Waals surface area contributed by atoms with Crippen LogP contribution < -0.4 is 20.1 Å². The largest absolute Gasteiger partial charge is 0.491 e. The number of rotatable bonds is 12. The van der Waals surface area contributed by atoms with Gasteiger partial charge in [-0.15, -0.1) is 0 Å². The van der Waals surface area contributed by atoms with Gasteiger partial charge in [0, 0.05) is 39.4 Å². The highest BCUT2D eigenvalue weighted by Crippen LogP contribution is 2.20. The number of hydrogen-bond donors (Lipinski definition) is 3. The average molecular weight is 401 g/mol. The summed E-state index contributed by atoms with van der Waals surface area (Å²) in [6.45, 7) is 6.23. The Morgan fingerprint density at radius 2 is 1.96 bits per heavy atom. The summed E-state index contributed by atoms with van der Waals surface area (Å²) in [4.78, 5) is 4.18. The highest BCUT2D eigenvalue weighted by atomic mass is 32.2. The van der Waals surface area contributed by atoms with Crippen LogP contribution in [-0.4, -0.2) is 60.6 Å². The van der Waals surface area contributed by atoms with Gasteiger partial charge in [-0.05, 0) is 31.9 Å². The number of guanidine groups is 1. The quantitative estimate of drug-likeness (QED) is 0.275. The van der Waals surface area contributed by atoms with Crippen LogP contribution in [-0.2, 0) is 21.3 Å². The van der Waals surface area contributed by atoms with Gasteiger partial charge < -0.3 is 20.1 Å². The molecule has 154 valence electrons. The Balaban J connectivity index is 2.46. The Kier molecular flexibility index (Phi) is 10.8. The molecule has 9 heteroatoms. The first kappa shape index (κ1) is 23.2. The fourth-order valence-electron chi connectivity index (χ4n) is 2.20. The molecule has 0 radical (unpaired) electrons. The molecule has 0 spiro atoms. The van der Waals surface area contributed by atoms with Crippen molar-refractivity contribution in [3.8, 4) is 5.75 Å². The van der Waals surface area contributed by atoms with Gasteiger partial charge in [-0.3, -0.25) is 4.99 Å². The summed E-state index contributed by atoms with van der Waals surface area (Å²) in [5.74, 6) is 1.57. The molecule has 0 bridgehead atoms. The van der Waals surface area contributed by atoms with Crippen LogP contribution in [0.4, 0.5) is 0 Å². The summed E-state index contributed by atoms with van der Waals surface area (Å²) in [5.41, 5.74) is 2.15. The number of hydrogen-bond acceptors (Lipinski definition) is 5. The molecule has 0 heterocycles. The lowest BCUT2D eigenvalue weighted by Gasteiger charge is -2.15. The van der Waals surface area contributed by atoms with Crippen molar-refractivity contribution in [3.05, 3.63) is 29.3 Å². The van der Waals surface area contributed by atoms with Gasteiger partial charge >= 0.3 is 0 Å². The molecule has 1 aromatic rings. The predicted octanol–water partition coefficient (Wildman–Crippen LogP) is 1.01. The molecule has 0 atom stereocenters. The SMILES string of the molecule is CCS(=O)(=O)NCCCNC(=NC)NCc1ccc(C)cc1OCCOC. The first-order valence-electron chi connectivity index (χ1n) is 9.05. The van der Waals surface area contributed by atoms with Crippen molar-refractivity contribution in [2.24, 2.45) is 4.99 Å². The molecule has 0 aliphatic heterocycles. The third-order valence-electron chi connectivity index (χ3n) is 3.79. The summed E-state index contributed by atoms with van der Waals surface area (Å²) >= 11 is 0. The van der Waals surface area contributed by atoms with E-state index in [-0.39, 0.29) is 5.75 Å². The second kappa shape index (κ2) is 12.5. The summed E-state index contributed by atoms with van der Waals surface area (Å²) in [5, 5.41) is 6.41. The zero-order valence-corrected chi connectivity index (χ0v) is 17.5. The molecule has 0 saturated carbocycles. The molecule has 27 heavy (non-hydrogen) atoms. The van der Waals surface area contributed by atoms with E-state index in [0.29, 0.717) is 45.2 Å². The van der Waals surface area contributed by atoms with E-state index in [1.54, 1.807) is 21.1 Å². The van der Waals surface area contributed by atoms with Crippen molar-refractivity contribution in [2.75, 3.05) is 46.2 Å². The monoisotopic (exact) mass is 400 g/mol. The molecule has 0 unspecified atom stereocenters. The van der Waals surface area contributed by atoms with Crippen molar-refractivity contribution in [1.82, 2.24) is 15.4 Å². The van der Waals surface area contributed by atoms with E-state index in [9.17, 15) is 8.42 Å². The van der Waals surface area contributed by atoms with Gasteiger partial charge in [-0.25, -0.2) is 13.1 Å². The zero-order chi connectivity index (χ0) is 20.1. The van der Waals surface area contributed by atoms with Gasteiger partial charge in [0.1, 0.15) is 12.4 Å². The van der Waals surface area contributed by atoms with Gasteiger partial charge in [0.25, 0.3) is 0 Å². The second-order valence-corrected chi connectivity index (χ2v) is 8.05.